The van der Waals surface area contributed by atoms with Crippen LogP contribution in [-0.2, 0) is 9.53 Å². The first-order valence-electron chi connectivity index (χ1n) is 7.32. The molecule has 6 heteroatoms. The molecule has 0 spiro atoms. The second kappa shape index (κ2) is 7.45. The van der Waals surface area contributed by atoms with Crippen molar-refractivity contribution in [3.8, 4) is 0 Å². The van der Waals surface area contributed by atoms with Crippen molar-refractivity contribution in [1.29, 1.82) is 0 Å². The first-order chi connectivity index (χ1) is 11.3. The molecule has 4 nitrogen and oxygen atoms in total. The number of nitrogens with one attached hydrogen (secondary N) is 1. The van der Waals surface area contributed by atoms with Gasteiger partial charge in [-0.25, -0.2) is 9.18 Å². The Labute approximate surface area is 144 Å². The van der Waals surface area contributed by atoms with Gasteiger partial charge in [-0.3, -0.25) is 4.79 Å². The molecule has 0 radical (unpaired) electrons. The fourth-order valence-corrected chi connectivity index (χ4v) is 2.29. The van der Waals surface area contributed by atoms with Crippen LogP contribution in [0.15, 0.2) is 36.4 Å². The Morgan fingerprint density at radius 3 is 2.54 bits per heavy atom. The number of anilines is 1. The average molecular weight is 350 g/mol. The lowest BCUT2D eigenvalue weighted by Crippen LogP contribution is -2.30. The van der Waals surface area contributed by atoms with Gasteiger partial charge in [-0.2, -0.15) is 0 Å². The molecular formula is C18H17ClFNO3. The Hall–Kier alpha value is -2.40. The third kappa shape index (κ3) is 4.32. The number of amides is 1. The molecule has 0 bridgehead atoms. The fraction of sp³-hybridized carbons (Fsp3) is 0.222. The molecule has 1 N–H and O–H groups in total. The molecule has 0 aliphatic carbocycles. The summed E-state index contributed by atoms with van der Waals surface area (Å²) in [5.41, 5.74) is 2.28. The van der Waals surface area contributed by atoms with E-state index in [0.29, 0.717) is 5.69 Å². The summed E-state index contributed by atoms with van der Waals surface area (Å²) in [6, 6.07) is 9.11. The van der Waals surface area contributed by atoms with Crippen LogP contribution in [0.1, 0.15) is 28.4 Å². The van der Waals surface area contributed by atoms with Crippen LogP contribution in [0.5, 0.6) is 0 Å². The molecule has 0 unspecified atom stereocenters. The van der Waals surface area contributed by atoms with E-state index in [4.69, 9.17) is 16.3 Å². The van der Waals surface area contributed by atoms with Gasteiger partial charge in [0, 0.05) is 10.7 Å². The Bertz CT molecular complexity index is 792. The highest BCUT2D eigenvalue weighted by molar-refractivity contribution is 6.30. The van der Waals surface area contributed by atoms with Gasteiger partial charge < -0.3 is 10.1 Å². The minimum absolute atomic E-state index is 0.204. The first-order valence-corrected chi connectivity index (χ1v) is 7.70. The standard InChI is InChI=1S/C18H17ClFNO3/c1-10-4-7-16(11(2)8-10)21-17(22)12(3)24-18(23)14-9-13(19)5-6-15(14)20/h4-9,12H,1-3H3,(H,21,22)/t12-/m0/s1. The van der Waals surface area contributed by atoms with E-state index in [1.54, 1.807) is 6.07 Å². The van der Waals surface area contributed by atoms with E-state index in [9.17, 15) is 14.0 Å². The van der Waals surface area contributed by atoms with E-state index in [-0.39, 0.29) is 10.6 Å². The lowest BCUT2D eigenvalue weighted by Gasteiger charge is -2.15. The number of carbonyl (C=O) groups is 2. The van der Waals surface area contributed by atoms with Crippen LogP contribution in [-0.4, -0.2) is 18.0 Å². The summed E-state index contributed by atoms with van der Waals surface area (Å²) >= 11 is 5.74. The Morgan fingerprint density at radius 1 is 1.17 bits per heavy atom. The van der Waals surface area contributed by atoms with Crippen molar-refractivity contribution in [3.05, 3.63) is 63.9 Å². The van der Waals surface area contributed by atoms with Gasteiger partial charge in [0.25, 0.3) is 5.91 Å². The fourth-order valence-electron chi connectivity index (χ4n) is 2.12. The van der Waals surface area contributed by atoms with E-state index in [2.05, 4.69) is 5.32 Å². The summed E-state index contributed by atoms with van der Waals surface area (Å²) in [4.78, 5) is 24.2. The van der Waals surface area contributed by atoms with Crippen molar-refractivity contribution >= 4 is 29.2 Å². The third-order valence-electron chi connectivity index (χ3n) is 3.44. The van der Waals surface area contributed by atoms with Crippen molar-refractivity contribution in [3.63, 3.8) is 0 Å². The minimum Gasteiger partial charge on any atom is -0.449 e. The number of aryl methyl sites for hydroxylation is 2. The zero-order valence-corrected chi connectivity index (χ0v) is 14.3. The van der Waals surface area contributed by atoms with Crippen molar-refractivity contribution in [1.82, 2.24) is 0 Å². The van der Waals surface area contributed by atoms with E-state index in [1.165, 1.54) is 13.0 Å². The summed E-state index contributed by atoms with van der Waals surface area (Å²) in [7, 11) is 0. The summed E-state index contributed by atoms with van der Waals surface area (Å²) in [6.07, 6.45) is -1.09. The van der Waals surface area contributed by atoms with Gasteiger partial charge in [-0.05, 0) is 50.6 Å². The Kier molecular flexibility index (Phi) is 5.57. The molecule has 1 amide bonds. The van der Waals surface area contributed by atoms with Gasteiger partial charge in [0.15, 0.2) is 6.10 Å². The Morgan fingerprint density at radius 2 is 1.88 bits per heavy atom. The molecule has 0 aliphatic heterocycles. The SMILES string of the molecule is Cc1ccc(NC(=O)[C@H](C)OC(=O)c2cc(Cl)ccc2F)c(C)c1. The van der Waals surface area contributed by atoms with Gasteiger partial charge >= 0.3 is 5.97 Å². The maximum atomic E-state index is 13.6. The van der Waals surface area contributed by atoms with Crippen molar-refractivity contribution < 1.29 is 18.7 Å². The van der Waals surface area contributed by atoms with Crippen LogP contribution in [0.3, 0.4) is 0 Å². The molecule has 0 aliphatic rings. The molecular weight excluding hydrogens is 333 g/mol. The maximum absolute atomic E-state index is 13.6. The number of rotatable bonds is 4. The second-order valence-corrected chi connectivity index (χ2v) is 5.92. The van der Waals surface area contributed by atoms with Crippen LogP contribution >= 0.6 is 11.6 Å². The molecule has 2 rings (SSSR count). The number of halogens is 2. The highest BCUT2D eigenvalue weighted by Gasteiger charge is 2.21. The largest absolute Gasteiger partial charge is 0.449 e. The smallest absolute Gasteiger partial charge is 0.341 e. The second-order valence-electron chi connectivity index (χ2n) is 5.48. The summed E-state index contributed by atoms with van der Waals surface area (Å²) < 4.78 is 18.7. The Balaban J connectivity index is 2.05. The summed E-state index contributed by atoms with van der Waals surface area (Å²) in [6.45, 7) is 5.22. The molecule has 0 fully saturated rings. The van der Waals surface area contributed by atoms with Crippen LogP contribution in [0, 0.1) is 19.7 Å². The molecule has 1 atom stereocenters. The number of hydrogen-bond donors (Lipinski definition) is 1. The number of benzene rings is 2. The lowest BCUT2D eigenvalue weighted by atomic mass is 10.1. The summed E-state index contributed by atoms with van der Waals surface area (Å²) in [5.74, 6) is -2.21. The van der Waals surface area contributed by atoms with E-state index in [1.807, 2.05) is 26.0 Å². The van der Waals surface area contributed by atoms with Crippen LogP contribution in [0.2, 0.25) is 5.02 Å². The zero-order chi connectivity index (χ0) is 17.9. The molecule has 0 saturated carbocycles. The van der Waals surface area contributed by atoms with Crippen molar-refractivity contribution in [2.45, 2.75) is 26.9 Å². The molecule has 24 heavy (non-hydrogen) atoms. The highest BCUT2D eigenvalue weighted by Crippen LogP contribution is 2.18. The quantitative estimate of drug-likeness (QED) is 0.838. The van der Waals surface area contributed by atoms with Gasteiger partial charge in [-0.1, -0.05) is 29.3 Å². The molecule has 2 aromatic carbocycles. The van der Waals surface area contributed by atoms with Crippen molar-refractivity contribution in [2.24, 2.45) is 0 Å². The predicted molar refractivity (Wildman–Crippen MR) is 90.8 cm³/mol. The molecule has 126 valence electrons. The molecule has 2 aromatic rings. The minimum atomic E-state index is -1.09. The van der Waals surface area contributed by atoms with E-state index < -0.39 is 23.8 Å². The van der Waals surface area contributed by atoms with E-state index in [0.717, 1.165) is 23.3 Å². The normalized spacial score (nSPS) is 11.7. The molecule has 0 saturated heterocycles. The van der Waals surface area contributed by atoms with Crippen molar-refractivity contribution in [2.75, 3.05) is 5.32 Å². The van der Waals surface area contributed by atoms with Gasteiger partial charge in [0.1, 0.15) is 5.82 Å². The zero-order valence-electron chi connectivity index (χ0n) is 13.5. The average Bonchev–Trinajstić information content (AvgIpc) is 2.52. The van der Waals surface area contributed by atoms with E-state index >= 15 is 0 Å². The van der Waals surface area contributed by atoms with Crippen LogP contribution in [0.4, 0.5) is 10.1 Å². The van der Waals surface area contributed by atoms with Crippen LogP contribution in [0.25, 0.3) is 0 Å². The topological polar surface area (TPSA) is 55.4 Å². The number of hydrogen-bond acceptors (Lipinski definition) is 3. The molecule has 0 heterocycles. The maximum Gasteiger partial charge on any atom is 0.341 e. The number of esters is 1. The van der Waals surface area contributed by atoms with Gasteiger partial charge in [0.05, 0.1) is 5.56 Å². The van der Waals surface area contributed by atoms with Gasteiger partial charge in [0.2, 0.25) is 0 Å². The molecule has 0 aromatic heterocycles. The number of carbonyl (C=O) groups excluding carboxylic acids is 2. The first kappa shape index (κ1) is 17.9. The lowest BCUT2D eigenvalue weighted by molar-refractivity contribution is -0.123. The van der Waals surface area contributed by atoms with Gasteiger partial charge in [-0.15, -0.1) is 0 Å². The number of ether oxygens (including phenoxy) is 1. The third-order valence-corrected chi connectivity index (χ3v) is 3.68. The van der Waals surface area contributed by atoms with Crippen LogP contribution < -0.4 is 5.32 Å². The highest BCUT2D eigenvalue weighted by atomic mass is 35.5. The predicted octanol–water partition coefficient (Wildman–Crippen LogP) is 4.28. The monoisotopic (exact) mass is 349 g/mol. The summed E-state index contributed by atoms with van der Waals surface area (Å²) in [5, 5.41) is 2.89.